The van der Waals surface area contributed by atoms with Crippen LogP contribution in [-0.2, 0) is 84.4 Å². The maximum Gasteiger partial charge on any atom is 0.508 e. The Morgan fingerprint density at radius 3 is 1.62 bits per heavy atom. The van der Waals surface area contributed by atoms with Crippen molar-refractivity contribution in [3.05, 3.63) is 71.8 Å². The Morgan fingerprint density at radius 1 is 0.588 bits per heavy atom. The van der Waals surface area contributed by atoms with E-state index in [4.69, 9.17) is 126 Å². The third-order valence-electron chi connectivity index (χ3n) is 9.66. The summed E-state index contributed by atoms with van der Waals surface area (Å²) in [6.45, 7) is 7.33. The van der Waals surface area contributed by atoms with E-state index in [-0.39, 0.29) is 19.8 Å². The molecule has 4 rings (SSSR count). The smallest absolute Gasteiger partial charge is 0.463 e. The van der Waals surface area contributed by atoms with E-state index < -0.39 is 134 Å². The van der Waals surface area contributed by atoms with E-state index in [0.29, 0.717) is 6.04 Å². The lowest BCUT2D eigenvalue weighted by Gasteiger charge is -2.49. The van der Waals surface area contributed by atoms with Crippen LogP contribution in [0.5, 0.6) is 0 Å². The first-order valence-corrected chi connectivity index (χ1v) is 27.1. The Morgan fingerprint density at radius 2 is 1.09 bits per heavy atom. The van der Waals surface area contributed by atoms with Crippen LogP contribution in [0.3, 0.4) is 0 Å². The average molecular weight is 1100 g/mol. The van der Waals surface area contributed by atoms with Crippen molar-refractivity contribution in [1.82, 2.24) is 5.32 Å². The van der Waals surface area contributed by atoms with Crippen molar-refractivity contribution in [2.24, 2.45) is 0 Å². The highest BCUT2D eigenvalue weighted by molar-refractivity contribution is 6.76. The number of nitrogens with one attached hydrogen (secondary N) is 1. The predicted molar refractivity (Wildman–Crippen MR) is 250 cm³/mol. The molecule has 2 fully saturated rings. The molecule has 2 aromatic carbocycles. The van der Waals surface area contributed by atoms with Gasteiger partial charge in [0, 0.05) is 35.5 Å². The molecule has 0 unspecified atom stereocenters. The minimum absolute atomic E-state index is 0.0212. The lowest BCUT2D eigenvalue weighted by molar-refractivity contribution is -0.357. The van der Waals surface area contributed by atoms with Crippen LogP contribution in [0, 0.1) is 0 Å². The SMILES string of the molecule is CC(=O)OC[C@H]1O[C@@H](O[C@H]2[C@H](OCc3ccccc3)[C@@H](OCc3ccccc3)[C@H](OCC[Si](C)(C)C)O[C@@H]2COC(=O)OCC(Cl)(Cl)Cl)[C@H](NC(=O)OCC(Cl)(Cl)Cl)[C@@H](OC(C)=O)[C@@H]1OC(C)=O. The lowest BCUT2D eigenvalue weighted by Crippen LogP contribution is -2.69. The first-order valence-electron chi connectivity index (χ1n) is 21.1. The highest BCUT2D eigenvalue weighted by Crippen LogP contribution is 2.36. The summed E-state index contributed by atoms with van der Waals surface area (Å²) in [6.07, 6.45) is -15.3. The maximum absolute atomic E-state index is 13.5. The van der Waals surface area contributed by atoms with Crippen LogP contribution in [0.4, 0.5) is 9.59 Å². The third-order valence-corrected chi connectivity index (χ3v) is 12.0. The Kier molecular flexibility index (Phi) is 23.0. The first kappa shape index (κ1) is 57.7. The summed E-state index contributed by atoms with van der Waals surface area (Å²) in [7, 11) is -1.70. The number of amides is 1. The van der Waals surface area contributed by atoms with Crippen molar-refractivity contribution in [3.8, 4) is 0 Å². The quantitative estimate of drug-likeness (QED) is 0.0548. The number of hydrogen-bond acceptors (Lipinski definition) is 17. The number of ether oxygens (including phenoxy) is 12. The zero-order chi connectivity index (χ0) is 50.2. The minimum atomic E-state index is -2.06. The van der Waals surface area contributed by atoms with Gasteiger partial charge in [-0.25, -0.2) is 9.59 Å². The molecule has 2 heterocycles. The summed E-state index contributed by atoms with van der Waals surface area (Å²) in [4.78, 5) is 64.1. The zero-order valence-electron chi connectivity index (χ0n) is 37.9. The molecule has 25 heteroatoms. The van der Waals surface area contributed by atoms with Crippen molar-refractivity contribution >= 4 is 108 Å². The fourth-order valence-electron chi connectivity index (χ4n) is 6.68. The standard InChI is InChI=1S/C43H55Cl6NO17Si/c1-25(51)57-21-30-33(63-26(2)52)35(64-27(3)53)32(50-40(54)61-23-42(44,45)46)38(65-30)67-34-31(22-60-41(55)62-24-43(47,48)49)66-39(56-17-18-68(4,5)6)37(59-20-29-15-11-8-12-16-29)36(34)58-19-28-13-9-7-10-14-28/h7-16,30-39H,17-24H2,1-6H3,(H,50,54)/t30-,31-,32-,33-,34-,35-,36+,37-,38+,39-/m1/s1. The number of carbonyl (C=O) groups is 5. The van der Waals surface area contributed by atoms with Crippen LogP contribution >= 0.6 is 69.6 Å². The van der Waals surface area contributed by atoms with Gasteiger partial charge in [-0.1, -0.05) is 150 Å². The van der Waals surface area contributed by atoms with Crippen LogP contribution in [-0.4, -0.2) is 140 Å². The minimum Gasteiger partial charge on any atom is -0.463 e. The summed E-state index contributed by atoms with van der Waals surface area (Å²) in [5.41, 5.74) is 1.50. The van der Waals surface area contributed by atoms with Crippen LogP contribution in [0.15, 0.2) is 60.7 Å². The van der Waals surface area contributed by atoms with Crippen molar-refractivity contribution < 1.29 is 80.8 Å². The van der Waals surface area contributed by atoms with Gasteiger partial charge in [-0.05, 0) is 17.2 Å². The number of hydrogen-bond donors (Lipinski definition) is 1. The second-order valence-corrected chi connectivity index (χ2v) is 27.3. The van der Waals surface area contributed by atoms with E-state index in [9.17, 15) is 24.0 Å². The van der Waals surface area contributed by atoms with Crippen molar-refractivity contribution in [2.45, 2.75) is 129 Å². The van der Waals surface area contributed by atoms with E-state index in [0.717, 1.165) is 31.9 Å². The summed E-state index contributed by atoms with van der Waals surface area (Å²) in [5, 5.41) is 2.51. The van der Waals surface area contributed by atoms with Crippen molar-refractivity contribution in [3.63, 3.8) is 0 Å². The molecule has 0 saturated carbocycles. The lowest BCUT2D eigenvalue weighted by atomic mass is 9.94. The highest BCUT2D eigenvalue weighted by atomic mass is 35.6. The summed E-state index contributed by atoms with van der Waals surface area (Å²) < 4.78 is 68.0. The summed E-state index contributed by atoms with van der Waals surface area (Å²) in [5.74, 6) is -2.52. The van der Waals surface area contributed by atoms with Crippen LogP contribution in [0.25, 0.3) is 0 Å². The van der Waals surface area contributed by atoms with E-state index in [1.54, 1.807) is 0 Å². The fourth-order valence-corrected chi connectivity index (χ4v) is 7.73. The molecular formula is C43H55Cl6NO17Si. The maximum atomic E-state index is 13.5. The number of esters is 3. The van der Waals surface area contributed by atoms with Gasteiger partial charge in [0.2, 0.25) is 7.59 Å². The number of alkyl carbamates (subject to hydrolysis) is 1. The molecule has 2 aliphatic heterocycles. The van der Waals surface area contributed by atoms with Gasteiger partial charge in [0.25, 0.3) is 0 Å². The molecular weight excluding hydrogens is 1040 g/mol. The third kappa shape index (κ3) is 20.8. The number of rotatable bonds is 21. The Balaban J connectivity index is 1.90. The van der Waals surface area contributed by atoms with Gasteiger partial charge < -0.3 is 62.2 Å². The molecule has 10 atom stereocenters. The Bertz CT molecular complexity index is 1930. The molecule has 68 heavy (non-hydrogen) atoms. The predicted octanol–water partition coefficient (Wildman–Crippen LogP) is 7.76. The second-order valence-electron chi connectivity index (χ2n) is 16.7. The molecule has 2 aromatic rings. The van der Waals surface area contributed by atoms with Crippen molar-refractivity contribution in [1.29, 1.82) is 0 Å². The highest BCUT2D eigenvalue weighted by Gasteiger charge is 2.56. The average Bonchev–Trinajstić information content (AvgIpc) is 3.24. The van der Waals surface area contributed by atoms with Gasteiger partial charge in [0.1, 0.15) is 63.0 Å². The molecule has 18 nitrogen and oxygen atoms in total. The molecule has 0 aliphatic carbocycles. The van der Waals surface area contributed by atoms with Crippen LogP contribution < -0.4 is 5.32 Å². The normalized spacial score (nSPS) is 25.4. The first-order chi connectivity index (χ1) is 31.9. The second kappa shape index (κ2) is 27.1. The van der Waals surface area contributed by atoms with Gasteiger partial charge >= 0.3 is 30.2 Å². The van der Waals surface area contributed by atoms with Crippen molar-refractivity contribution in [2.75, 3.05) is 33.0 Å². The molecule has 1 amide bonds. The number of alkyl halides is 6. The van der Waals surface area contributed by atoms with Gasteiger partial charge in [0.15, 0.2) is 24.8 Å². The van der Waals surface area contributed by atoms with Gasteiger partial charge in [-0.3, -0.25) is 14.4 Å². The van der Waals surface area contributed by atoms with Gasteiger partial charge in [-0.15, -0.1) is 0 Å². The molecule has 2 aliphatic rings. The number of benzene rings is 2. The molecule has 380 valence electrons. The van der Waals surface area contributed by atoms with Crippen LogP contribution in [0.1, 0.15) is 31.9 Å². The molecule has 0 bridgehead atoms. The topological polar surface area (TPSA) is 208 Å². The van der Waals surface area contributed by atoms with Gasteiger partial charge in [0.05, 0.1) is 13.2 Å². The molecule has 0 radical (unpaired) electrons. The van der Waals surface area contributed by atoms with E-state index in [1.807, 2.05) is 60.7 Å². The Labute approximate surface area is 425 Å². The van der Waals surface area contributed by atoms with E-state index in [1.165, 1.54) is 0 Å². The number of halogens is 6. The molecule has 2 saturated heterocycles. The fraction of sp³-hybridized carbons (Fsp3) is 0.605. The van der Waals surface area contributed by atoms with Crippen LogP contribution in [0.2, 0.25) is 25.7 Å². The molecule has 0 spiro atoms. The van der Waals surface area contributed by atoms with E-state index >= 15 is 0 Å². The zero-order valence-corrected chi connectivity index (χ0v) is 43.4. The monoisotopic (exact) mass is 1100 g/mol. The molecule has 1 N–H and O–H groups in total. The summed E-state index contributed by atoms with van der Waals surface area (Å²) >= 11 is 35.1. The van der Waals surface area contributed by atoms with E-state index in [2.05, 4.69) is 25.0 Å². The largest absolute Gasteiger partial charge is 0.508 e. The summed E-state index contributed by atoms with van der Waals surface area (Å²) in [6, 6.07) is 17.4. The number of carbonyl (C=O) groups excluding carboxylic acids is 5. The molecule has 0 aromatic heterocycles. The Hall–Kier alpha value is -2.89. The van der Waals surface area contributed by atoms with Gasteiger partial charge in [-0.2, -0.15) is 0 Å².